The number of hydrogen-bond acceptors (Lipinski definition) is 3. The van der Waals surface area contributed by atoms with Gasteiger partial charge in [-0.25, -0.2) is 5.01 Å². The molecule has 1 heterocycles. The molecule has 0 aromatic heterocycles. The van der Waals surface area contributed by atoms with E-state index in [0.717, 1.165) is 16.8 Å². The summed E-state index contributed by atoms with van der Waals surface area (Å²) < 4.78 is 29.1. The number of halogens is 1. The van der Waals surface area contributed by atoms with E-state index >= 15 is 0 Å². The molecule has 0 amide bonds. The highest BCUT2D eigenvalue weighted by molar-refractivity contribution is 7.94. The Labute approximate surface area is 189 Å². The molecule has 1 aliphatic heterocycles. The van der Waals surface area contributed by atoms with Crippen molar-refractivity contribution in [3.63, 3.8) is 0 Å². The highest BCUT2D eigenvalue weighted by atomic mass is 35.5. The Balaban J connectivity index is 2.47. The Kier molecular flexibility index (Phi) is 8.97. The summed E-state index contributed by atoms with van der Waals surface area (Å²) in [5, 5.41) is 5.82. The lowest BCUT2D eigenvalue weighted by atomic mass is 9.90. The van der Waals surface area contributed by atoms with E-state index < -0.39 is 10.0 Å². The highest BCUT2D eigenvalue weighted by Crippen LogP contribution is 2.30. The molecule has 5 nitrogen and oxygen atoms in total. The van der Waals surface area contributed by atoms with Crippen molar-refractivity contribution in [3.05, 3.63) is 108 Å². The molecule has 0 fully saturated rings. The van der Waals surface area contributed by atoms with Gasteiger partial charge in [0.05, 0.1) is 17.2 Å². The van der Waals surface area contributed by atoms with E-state index in [1.807, 2.05) is 55.5 Å². The fourth-order valence-electron chi connectivity index (χ4n) is 3.02. The van der Waals surface area contributed by atoms with Gasteiger partial charge in [-0.05, 0) is 42.7 Å². The summed E-state index contributed by atoms with van der Waals surface area (Å²) >= 11 is 6.34. The van der Waals surface area contributed by atoms with Crippen LogP contribution in [0.3, 0.4) is 0 Å². The molecule has 162 valence electrons. The Bertz CT molecular complexity index is 1090. The van der Waals surface area contributed by atoms with Gasteiger partial charge < -0.3 is 0 Å². The number of allylic oxidation sites excluding steroid dienone is 9. The average molecular weight is 456 g/mol. The van der Waals surface area contributed by atoms with Gasteiger partial charge in [-0.3, -0.25) is 0 Å². The third-order valence-electron chi connectivity index (χ3n) is 4.52. The minimum atomic E-state index is -3.99. The largest absolute Gasteiger partial charge is 0.284 e. The average Bonchev–Trinajstić information content (AvgIpc) is 3.20. The summed E-state index contributed by atoms with van der Waals surface area (Å²) in [6, 6.07) is 9.86. The molecule has 0 aliphatic carbocycles. The van der Waals surface area contributed by atoms with Gasteiger partial charge in [0, 0.05) is 5.92 Å². The second kappa shape index (κ2) is 11.4. The van der Waals surface area contributed by atoms with E-state index in [1.165, 1.54) is 29.3 Å². The van der Waals surface area contributed by atoms with Crippen molar-refractivity contribution in [2.45, 2.75) is 19.8 Å². The second-order valence-electron chi connectivity index (χ2n) is 6.49. The van der Waals surface area contributed by atoms with Crippen molar-refractivity contribution in [1.29, 1.82) is 0 Å². The fraction of sp³-hybridized carbons (Fsp3) is 0.167. The van der Waals surface area contributed by atoms with E-state index in [2.05, 4.69) is 22.7 Å². The number of nitrogens with zero attached hydrogens (tertiary/aromatic N) is 3. The molecule has 0 unspecified atom stereocenters. The second-order valence-corrected chi connectivity index (χ2v) is 8.43. The monoisotopic (exact) mass is 455 g/mol. The van der Waals surface area contributed by atoms with Crippen molar-refractivity contribution < 1.29 is 8.42 Å². The minimum Gasteiger partial charge on any atom is -0.236 e. The Morgan fingerprint density at radius 3 is 2.35 bits per heavy atom. The number of benzene rings is 1. The van der Waals surface area contributed by atoms with Crippen LogP contribution in [-0.4, -0.2) is 31.0 Å². The number of rotatable bonds is 8. The number of hydrazone groups is 1. The zero-order valence-electron chi connectivity index (χ0n) is 17.6. The third kappa shape index (κ3) is 6.26. The van der Waals surface area contributed by atoms with Gasteiger partial charge in [0.15, 0.2) is 0 Å². The number of amidine groups is 1. The third-order valence-corrected chi connectivity index (χ3v) is 6.28. The molecule has 7 heteroatoms. The molecule has 1 aromatic rings. The topological polar surface area (TPSA) is 62.1 Å². The molecule has 1 aromatic carbocycles. The summed E-state index contributed by atoms with van der Waals surface area (Å²) in [4.78, 5) is 0.0246. The predicted molar refractivity (Wildman–Crippen MR) is 132 cm³/mol. The zero-order valence-corrected chi connectivity index (χ0v) is 19.2. The molecule has 1 aliphatic rings. The van der Waals surface area contributed by atoms with Crippen molar-refractivity contribution >= 4 is 32.6 Å². The Hall–Kier alpha value is -2.96. The molecule has 31 heavy (non-hydrogen) atoms. The number of hydrogen-bond donors (Lipinski definition) is 0. The zero-order chi connectivity index (χ0) is 22.9. The summed E-state index contributed by atoms with van der Waals surface area (Å²) in [6.45, 7) is 11.2. The van der Waals surface area contributed by atoms with Gasteiger partial charge in [-0.2, -0.15) is 13.5 Å². The predicted octanol–water partition coefficient (Wildman–Crippen LogP) is 5.70. The minimum absolute atomic E-state index is 0.0246. The van der Waals surface area contributed by atoms with E-state index in [9.17, 15) is 8.42 Å². The molecule has 0 N–H and O–H groups in total. The highest BCUT2D eigenvalue weighted by Gasteiger charge is 2.32. The van der Waals surface area contributed by atoms with Crippen LogP contribution in [0.4, 0.5) is 0 Å². The lowest BCUT2D eigenvalue weighted by Crippen LogP contribution is -2.23. The van der Waals surface area contributed by atoms with Crippen molar-refractivity contribution in [3.8, 4) is 0 Å². The first-order valence-corrected chi connectivity index (χ1v) is 11.5. The quantitative estimate of drug-likeness (QED) is 0.218. The molecular formula is C24H26ClN3O2S. The van der Waals surface area contributed by atoms with E-state index in [4.69, 9.17) is 11.6 Å². The van der Waals surface area contributed by atoms with Crippen molar-refractivity contribution in [2.75, 3.05) is 6.54 Å². The lowest BCUT2D eigenvalue weighted by Gasteiger charge is -2.15. The Morgan fingerprint density at radius 1 is 1.13 bits per heavy atom. The maximum atomic E-state index is 12.7. The summed E-state index contributed by atoms with van der Waals surface area (Å²) in [7, 11) is -3.99. The van der Waals surface area contributed by atoms with Crippen LogP contribution in [-0.2, 0) is 10.0 Å². The molecule has 0 spiro atoms. The lowest BCUT2D eigenvalue weighted by molar-refractivity contribution is 0.483. The fourth-order valence-corrected chi connectivity index (χ4v) is 4.34. The van der Waals surface area contributed by atoms with Crippen LogP contribution in [0.1, 0.15) is 25.3 Å². The smallest absolute Gasteiger partial charge is 0.236 e. The van der Waals surface area contributed by atoms with Crippen LogP contribution in [0.15, 0.2) is 112 Å². The van der Waals surface area contributed by atoms with Gasteiger partial charge in [0.25, 0.3) is 10.0 Å². The van der Waals surface area contributed by atoms with Crippen molar-refractivity contribution in [2.24, 2.45) is 9.50 Å². The Morgan fingerprint density at radius 2 is 1.77 bits per heavy atom. The summed E-state index contributed by atoms with van der Waals surface area (Å²) in [5.74, 6) is -0.102. The molecule has 2 rings (SSSR count). The first-order chi connectivity index (χ1) is 14.9. The maximum absolute atomic E-state index is 12.7. The van der Waals surface area contributed by atoms with Gasteiger partial charge in [0.1, 0.15) is 0 Å². The molecule has 1 atom stereocenters. The standard InChI is InChI=1S/C24H26ClN3O2S/c1-5-9-14-19(7-3)23-22(20-15-12-11-13-16-20)18-28(26-23)24(25)27-31(29,30)21(8-4)17-10-6-2/h5-17,22H,1-2,18H2,3-4H3/b14-9-,17-10-,19-7+,21-8+,27-24?/t22-/m1/s1. The van der Waals surface area contributed by atoms with Crippen LogP contribution in [0.2, 0.25) is 0 Å². The summed E-state index contributed by atoms with van der Waals surface area (Å²) in [6.07, 6.45) is 13.2. The first-order valence-electron chi connectivity index (χ1n) is 9.70. The van der Waals surface area contributed by atoms with Gasteiger partial charge in [-0.15, -0.1) is 4.40 Å². The van der Waals surface area contributed by atoms with Crippen LogP contribution in [0.5, 0.6) is 0 Å². The van der Waals surface area contributed by atoms with Crippen molar-refractivity contribution in [1.82, 2.24) is 5.01 Å². The SMILES string of the molecule is C=C/C=C\C(=C/C)C1=NN(C(Cl)=NS(=O)(=O)C(/C=C\C=C)=C/C)C[C@@H]1c1ccccc1. The van der Waals surface area contributed by atoms with E-state index in [-0.39, 0.29) is 16.1 Å². The first kappa shape index (κ1) is 24.3. The molecule has 0 radical (unpaired) electrons. The van der Waals surface area contributed by atoms with Crippen LogP contribution >= 0.6 is 11.6 Å². The van der Waals surface area contributed by atoms with E-state index in [1.54, 1.807) is 13.0 Å². The van der Waals surface area contributed by atoms with Crippen LogP contribution < -0.4 is 0 Å². The van der Waals surface area contributed by atoms with Gasteiger partial charge in [0.2, 0.25) is 5.29 Å². The van der Waals surface area contributed by atoms with E-state index in [0.29, 0.717) is 6.54 Å². The molecule has 0 saturated carbocycles. The normalized spacial score (nSPS) is 18.7. The van der Waals surface area contributed by atoms with Crippen LogP contribution in [0, 0.1) is 0 Å². The van der Waals surface area contributed by atoms with Gasteiger partial charge >= 0.3 is 0 Å². The maximum Gasteiger partial charge on any atom is 0.284 e. The molecule has 0 bridgehead atoms. The van der Waals surface area contributed by atoms with Crippen LogP contribution in [0.25, 0.3) is 0 Å². The van der Waals surface area contributed by atoms with Gasteiger partial charge in [-0.1, -0.05) is 86.0 Å². The molecular weight excluding hydrogens is 430 g/mol. The summed E-state index contributed by atoms with van der Waals surface area (Å²) in [5.41, 5.74) is 2.72. The molecule has 0 saturated heterocycles. The number of sulfonamides is 1.